The predicted octanol–water partition coefficient (Wildman–Crippen LogP) is -0.534. The van der Waals surface area contributed by atoms with Crippen LogP contribution in [0.3, 0.4) is 0 Å². The molecule has 2 atom stereocenters. The Morgan fingerprint density at radius 3 is 2.33 bits per heavy atom. The number of carbonyl (C=O) groups excluding carboxylic acids is 1. The highest BCUT2D eigenvalue weighted by atomic mass is 32.2. The minimum atomic E-state index is -1.02. The molecular weight excluding hydrogens is 298 g/mol. The van der Waals surface area contributed by atoms with Crippen LogP contribution in [0.15, 0.2) is 0 Å². The van der Waals surface area contributed by atoms with Crippen molar-refractivity contribution in [3.8, 4) is 0 Å². The third kappa shape index (κ3) is 13.4. The highest BCUT2D eigenvalue weighted by molar-refractivity contribution is 7.98. The van der Waals surface area contributed by atoms with Gasteiger partial charge in [-0.15, -0.1) is 0 Å². The van der Waals surface area contributed by atoms with E-state index in [1.165, 1.54) is 11.8 Å². The average molecular weight is 323 g/mol. The summed E-state index contributed by atoms with van der Waals surface area (Å²) in [4.78, 5) is 31.0. The van der Waals surface area contributed by atoms with Crippen molar-refractivity contribution in [3.63, 3.8) is 0 Å². The summed E-state index contributed by atoms with van der Waals surface area (Å²) < 4.78 is 0. The third-order valence-electron chi connectivity index (χ3n) is 2.53. The summed E-state index contributed by atoms with van der Waals surface area (Å²) in [5, 5.41) is 18.3. The van der Waals surface area contributed by atoms with Crippen LogP contribution in [0.4, 0.5) is 0 Å². The molecule has 1 amide bonds. The lowest BCUT2D eigenvalue weighted by Gasteiger charge is -2.17. The molecule has 0 unspecified atom stereocenters. The quantitative estimate of drug-likeness (QED) is 0.265. The van der Waals surface area contributed by atoms with E-state index in [0.29, 0.717) is 25.1 Å². The number of hydrogen-bond acceptors (Lipinski definition) is 6. The first-order valence-corrected chi connectivity index (χ1v) is 7.89. The number of thioether (sulfide) groups is 1. The first-order valence-electron chi connectivity index (χ1n) is 6.50. The summed E-state index contributed by atoms with van der Waals surface area (Å²) in [5.41, 5.74) is 11.0. The fraction of sp³-hybridized carbons (Fsp3) is 0.750. The monoisotopic (exact) mass is 323 g/mol. The van der Waals surface area contributed by atoms with E-state index in [2.05, 4.69) is 5.32 Å². The Kier molecular flexibility index (Phi) is 15.8. The number of amides is 1. The Bertz CT molecular complexity index is 305. The van der Waals surface area contributed by atoms with Crippen molar-refractivity contribution >= 4 is 30.1 Å². The number of carbonyl (C=O) groups is 3. The predicted molar refractivity (Wildman–Crippen MR) is 82.1 cm³/mol. The Hall–Kier alpha value is -1.32. The SMILES string of the molecule is CSCC[C@H](NC(=O)[C@@H](N)CCCCN)C(=O)O.O=CO. The van der Waals surface area contributed by atoms with E-state index in [0.717, 1.165) is 12.8 Å². The van der Waals surface area contributed by atoms with Gasteiger partial charge in [-0.1, -0.05) is 6.42 Å². The maximum Gasteiger partial charge on any atom is 0.326 e. The molecule has 0 aliphatic rings. The van der Waals surface area contributed by atoms with Gasteiger partial charge in [0.05, 0.1) is 6.04 Å². The lowest BCUT2D eigenvalue weighted by atomic mass is 10.1. The zero-order valence-corrected chi connectivity index (χ0v) is 13.0. The number of nitrogens with two attached hydrogens (primary N) is 2. The van der Waals surface area contributed by atoms with E-state index >= 15 is 0 Å². The normalized spacial score (nSPS) is 12.5. The summed E-state index contributed by atoms with van der Waals surface area (Å²) in [6, 6.07) is -1.52. The lowest BCUT2D eigenvalue weighted by Crippen LogP contribution is -2.48. The topological polar surface area (TPSA) is 156 Å². The lowest BCUT2D eigenvalue weighted by molar-refractivity contribution is -0.142. The standard InChI is InChI=1S/C11H23N3O3S.CH2O2/c1-18-7-5-9(11(16)17)14-10(15)8(13)4-2-3-6-12;2-1-3/h8-9H,2-7,12-13H2,1H3,(H,14,15)(H,16,17);1H,(H,2,3)/t8-,9-;/m0./s1. The maximum absolute atomic E-state index is 11.7. The van der Waals surface area contributed by atoms with Gasteiger partial charge in [-0.25, -0.2) is 4.79 Å². The largest absolute Gasteiger partial charge is 0.483 e. The molecule has 7 N–H and O–H groups in total. The van der Waals surface area contributed by atoms with Crippen LogP contribution in [0.5, 0.6) is 0 Å². The summed E-state index contributed by atoms with van der Waals surface area (Å²) in [7, 11) is 0. The van der Waals surface area contributed by atoms with Gasteiger partial charge in [-0.3, -0.25) is 9.59 Å². The zero-order valence-electron chi connectivity index (χ0n) is 12.2. The van der Waals surface area contributed by atoms with E-state index in [1.807, 2.05) is 6.26 Å². The van der Waals surface area contributed by atoms with Gasteiger partial charge in [-0.2, -0.15) is 11.8 Å². The van der Waals surface area contributed by atoms with Crippen molar-refractivity contribution in [2.75, 3.05) is 18.6 Å². The van der Waals surface area contributed by atoms with E-state index in [-0.39, 0.29) is 6.47 Å². The van der Waals surface area contributed by atoms with Crippen molar-refractivity contribution in [2.45, 2.75) is 37.8 Å². The molecule has 0 bridgehead atoms. The molecule has 0 aromatic rings. The van der Waals surface area contributed by atoms with Crippen LogP contribution < -0.4 is 16.8 Å². The minimum Gasteiger partial charge on any atom is -0.483 e. The highest BCUT2D eigenvalue weighted by Gasteiger charge is 2.22. The number of carboxylic acid groups (broad SMARTS) is 2. The second-order valence-electron chi connectivity index (χ2n) is 4.18. The molecule has 0 aromatic heterocycles. The molecule has 0 fully saturated rings. The molecule has 124 valence electrons. The van der Waals surface area contributed by atoms with Gasteiger partial charge >= 0.3 is 5.97 Å². The number of hydrogen-bond donors (Lipinski definition) is 5. The van der Waals surface area contributed by atoms with E-state index < -0.39 is 24.0 Å². The zero-order chi connectivity index (χ0) is 16.7. The molecule has 0 saturated heterocycles. The van der Waals surface area contributed by atoms with Gasteiger partial charge < -0.3 is 27.0 Å². The van der Waals surface area contributed by atoms with Crippen LogP contribution in [0.2, 0.25) is 0 Å². The Morgan fingerprint density at radius 2 is 1.90 bits per heavy atom. The van der Waals surface area contributed by atoms with Crippen molar-refractivity contribution < 1.29 is 24.6 Å². The molecule has 0 aliphatic heterocycles. The number of rotatable bonds is 10. The van der Waals surface area contributed by atoms with Crippen LogP contribution in [-0.4, -0.2) is 59.2 Å². The highest BCUT2D eigenvalue weighted by Crippen LogP contribution is 2.03. The molecule has 0 aliphatic carbocycles. The minimum absolute atomic E-state index is 0.250. The van der Waals surface area contributed by atoms with E-state index in [9.17, 15) is 9.59 Å². The summed E-state index contributed by atoms with van der Waals surface area (Å²) in [6.07, 6.45) is 4.40. The molecule has 21 heavy (non-hydrogen) atoms. The molecule has 9 heteroatoms. The fourth-order valence-corrected chi connectivity index (χ4v) is 1.88. The first-order chi connectivity index (χ1) is 9.94. The Balaban J connectivity index is 0. The van der Waals surface area contributed by atoms with Gasteiger partial charge in [0, 0.05) is 0 Å². The second kappa shape index (κ2) is 15.1. The number of unbranched alkanes of at least 4 members (excludes halogenated alkanes) is 1. The van der Waals surface area contributed by atoms with Crippen molar-refractivity contribution in [1.82, 2.24) is 5.32 Å². The van der Waals surface area contributed by atoms with Crippen molar-refractivity contribution in [1.29, 1.82) is 0 Å². The van der Waals surface area contributed by atoms with Crippen LogP contribution >= 0.6 is 11.8 Å². The van der Waals surface area contributed by atoms with Crippen LogP contribution in [0.1, 0.15) is 25.7 Å². The van der Waals surface area contributed by atoms with Gasteiger partial charge in [0.15, 0.2) is 0 Å². The van der Waals surface area contributed by atoms with Crippen LogP contribution in [0.25, 0.3) is 0 Å². The molecule has 8 nitrogen and oxygen atoms in total. The summed E-state index contributed by atoms with van der Waals surface area (Å²) in [5.74, 6) is -0.744. The van der Waals surface area contributed by atoms with Gasteiger partial charge in [-0.05, 0) is 37.8 Å². The molecule has 0 aromatic carbocycles. The summed E-state index contributed by atoms with van der Waals surface area (Å²) >= 11 is 1.54. The molecular formula is C12H25N3O5S. The van der Waals surface area contributed by atoms with Gasteiger partial charge in [0.2, 0.25) is 5.91 Å². The van der Waals surface area contributed by atoms with Crippen LogP contribution in [-0.2, 0) is 14.4 Å². The molecule has 0 saturated carbocycles. The summed E-state index contributed by atoms with van der Waals surface area (Å²) in [6.45, 7) is 0.319. The maximum atomic E-state index is 11.7. The van der Waals surface area contributed by atoms with Gasteiger partial charge in [0.25, 0.3) is 6.47 Å². The van der Waals surface area contributed by atoms with Gasteiger partial charge in [0.1, 0.15) is 6.04 Å². The Morgan fingerprint density at radius 1 is 1.33 bits per heavy atom. The molecule has 0 spiro atoms. The Labute approximate surface area is 128 Å². The number of carboxylic acids is 1. The van der Waals surface area contributed by atoms with E-state index in [4.69, 9.17) is 26.5 Å². The van der Waals surface area contributed by atoms with E-state index in [1.54, 1.807) is 0 Å². The third-order valence-corrected chi connectivity index (χ3v) is 3.18. The molecule has 0 rings (SSSR count). The molecule has 0 heterocycles. The second-order valence-corrected chi connectivity index (χ2v) is 5.16. The number of nitrogens with one attached hydrogen (secondary N) is 1. The smallest absolute Gasteiger partial charge is 0.326 e. The van der Waals surface area contributed by atoms with Crippen LogP contribution in [0, 0.1) is 0 Å². The molecule has 0 radical (unpaired) electrons. The fourth-order valence-electron chi connectivity index (χ4n) is 1.41. The van der Waals surface area contributed by atoms with Crippen molar-refractivity contribution in [2.24, 2.45) is 11.5 Å². The average Bonchev–Trinajstić information content (AvgIpc) is 2.43. The van der Waals surface area contributed by atoms with Crippen molar-refractivity contribution in [3.05, 3.63) is 0 Å². The first kappa shape index (κ1) is 22.0. The number of aliphatic carboxylic acids is 1.